The van der Waals surface area contributed by atoms with Crippen LogP contribution in [0.3, 0.4) is 0 Å². The highest BCUT2D eigenvalue weighted by molar-refractivity contribution is 4.88. The average Bonchev–Trinajstić information content (AvgIpc) is 2.62. The molecule has 0 saturated carbocycles. The summed E-state index contributed by atoms with van der Waals surface area (Å²) in [5.74, 6) is 2.08. The molecule has 0 N–H and O–H groups in total. The fourth-order valence-corrected chi connectivity index (χ4v) is 2.41. The molecule has 2 atom stereocenters. The van der Waals surface area contributed by atoms with Gasteiger partial charge in [-0.05, 0) is 19.8 Å². The number of nitrogens with zero attached hydrogens (tertiary/aromatic N) is 3. The van der Waals surface area contributed by atoms with E-state index in [1.807, 2.05) is 0 Å². The van der Waals surface area contributed by atoms with Crippen molar-refractivity contribution in [2.75, 3.05) is 13.1 Å². The Morgan fingerprint density at radius 3 is 2.56 bits per heavy atom. The fraction of sp³-hybridized carbons (Fsp3) is 0.846. The highest BCUT2D eigenvalue weighted by Crippen LogP contribution is 2.14. The van der Waals surface area contributed by atoms with Gasteiger partial charge >= 0.3 is 0 Å². The largest absolute Gasteiger partial charge is 0.373 e. The lowest BCUT2D eigenvalue weighted by molar-refractivity contribution is -0.0725. The van der Waals surface area contributed by atoms with Crippen molar-refractivity contribution in [3.8, 4) is 0 Å². The van der Waals surface area contributed by atoms with E-state index in [2.05, 4.69) is 42.7 Å². The van der Waals surface area contributed by atoms with Crippen LogP contribution in [-0.2, 0) is 17.7 Å². The lowest BCUT2D eigenvalue weighted by Crippen LogP contribution is -2.44. The summed E-state index contributed by atoms with van der Waals surface area (Å²) >= 11 is 0. The summed E-state index contributed by atoms with van der Waals surface area (Å²) in [6, 6.07) is 0. The van der Waals surface area contributed by atoms with Crippen molar-refractivity contribution in [2.45, 2.75) is 52.9 Å². The van der Waals surface area contributed by atoms with E-state index >= 15 is 0 Å². The third-order valence-corrected chi connectivity index (χ3v) is 2.96. The second-order valence-corrected chi connectivity index (χ2v) is 5.65. The predicted molar refractivity (Wildman–Crippen MR) is 68.1 cm³/mol. The minimum Gasteiger partial charge on any atom is -0.373 e. The van der Waals surface area contributed by atoms with E-state index in [4.69, 9.17) is 9.26 Å². The first kappa shape index (κ1) is 13.5. The molecule has 102 valence electrons. The average molecular weight is 253 g/mol. The van der Waals surface area contributed by atoms with E-state index in [0.717, 1.165) is 31.9 Å². The molecule has 1 aromatic rings. The second-order valence-electron chi connectivity index (χ2n) is 5.65. The summed E-state index contributed by atoms with van der Waals surface area (Å²) in [5, 5.41) is 4.02. The molecule has 0 radical (unpaired) electrons. The number of hydrogen-bond acceptors (Lipinski definition) is 5. The number of hydrogen-bond donors (Lipinski definition) is 0. The lowest BCUT2D eigenvalue weighted by Gasteiger charge is -2.34. The molecular weight excluding hydrogens is 230 g/mol. The van der Waals surface area contributed by atoms with E-state index in [1.165, 1.54) is 0 Å². The van der Waals surface area contributed by atoms with Gasteiger partial charge in [-0.25, -0.2) is 0 Å². The Morgan fingerprint density at radius 1 is 1.28 bits per heavy atom. The standard InChI is InChI=1S/C13H23N3O2/c1-9(2)5-12-14-13(18-15-12)8-16-6-10(3)17-11(4)7-16/h9-11H,5-8H2,1-4H3/t10-,11-/m1/s1. The zero-order valence-electron chi connectivity index (χ0n) is 11.7. The highest BCUT2D eigenvalue weighted by atomic mass is 16.5. The van der Waals surface area contributed by atoms with Gasteiger partial charge in [-0.1, -0.05) is 19.0 Å². The predicted octanol–water partition coefficient (Wildman–Crippen LogP) is 1.88. The number of aromatic nitrogens is 2. The van der Waals surface area contributed by atoms with Crippen LogP contribution in [0.1, 0.15) is 39.4 Å². The third-order valence-electron chi connectivity index (χ3n) is 2.96. The monoisotopic (exact) mass is 253 g/mol. The molecule has 1 aliphatic rings. The second kappa shape index (κ2) is 5.80. The van der Waals surface area contributed by atoms with Crippen LogP contribution < -0.4 is 0 Å². The Morgan fingerprint density at radius 2 is 1.94 bits per heavy atom. The summed E-state index contributed by atoms with van der Waals surface area (Å²) < 4.78 is 11.0. The number of rotatable bonds is 4. The molecule has 18 heavy (non-hydrogen) atoms. The normalized spacial score (nSPS) is 25.8. The van der Waals surface area contributed by atoms with Crippen LogP contribution in [0.2, 0.25) is 0 Å². The minimum absolute atomic E-state index is 0.270. The molecule has 1 aliphatic heterocycles. The maximum Gasteiger partial charge on any atom is 0.240 e. The quantitative estimate of drug-likeness (QED) is 0.820. The summed E-state index contributed by atoms with van der Waals surface area (Å²) in [5.41, 5.74) is 0. The Labute approximate surface area is 108 Å². The summed E-state index contributed by atoms with van der Waals surface area (Å²) in [6.45, 7) is 11.1. The van der Waals surface area contributed by atoms with E-state index in [1.54, 1.807) is 0 Å². The molecule has 1 saturated heterocycles. The van der Waals surface area contributed by atoms with Crippen LogP contribution in [0.5, 0.6) is 0 Å². The van der Waals surface area contributed by atoms with Crippen LogP contribution in [0.4, 0.5) is 0 Å². The molecule has 5 nitrogen and oxygen atoms in total. The minimum atomic E-state index is 0.270. The fourth-order valence-electron chi connectivity index (χ4n) is 2.41. The first-order chi connectivity index (χ1) is 8.52. The smallest absolute Gasteiger partial charge is 0.240 e. The van der Waals surface area contributed by atoms with E-state index in [-0.39, 0.29) is 12.2 Å². The Hall–Kier alpha value is -0.940. The molecule has 0 spiro atoms. The Balaban J connectivity index is 1.90. The lowest BCUT2D eigenvalue weighted by atomic mass is 10.1. The van der Waals surface area contributed by atoms with Crippen molar-refractivity contribution < 1.29 is 9.26 Å². The first-order valence-electron chi connectivity index (χ1n) is 6.72. The van der Waals surface area contributed by atoms with Crippen molar-refractivity contribution in [3.05, 3.63) is 11.7 Å². The van der Waals surface area contributed by atoms with Crippen molar-refractivity contribution in [1.82, 2.24) is 15.0 Å². The van der Waals surface area contributed by atoms with Crippen molar-refractivity contribution in [1.29, 1.82) is 0 Å². The number of ether oxygens (including phenoxy) is 1. The van der Waals surface area contributed by atoms with Gasteiger partial charge in [-0.2, -0.15) is 4.98 Å². The van der Waals surface area contributed by atoms with Crippen LogP contribution in [0.25, 0.3) is 0 Å². The van der Waals surface area contributed by atoms with Crippen LogP contribution in [0.15, 0.2) is 4.52 Å². The molecule has 2 rings (SSSR count). The van der Waals surface area contributed by atoms with Gasteiger partial charge < -0.3 is 9.26 Å². The number of morpholine rings is 1. The van der Waals surface area contributed by atoms with Crippen molar-refractivity contribution >= 4 is 0 Å². The van der Waals surface area contributed by atoms with Crippen molar-refractivity contribution in [3.63, 3.8) is 0 Å². The molecule has 0 amide bonds. The molecule has 0 aliphatic carbocycles. The van der Waals surface area contributed by atoms with Gasteiger partial charge in [-0.15, -0.1) is 0 Å². The molecule has 0 bridgehead atoms. The van der Waals surface area contributed by atoms with Gasteiger partial charge in [0, 0.05) is 19.5 Å². The van der Waals surface area contributed by atoms with Crippen LogP contribution >= 0.6 is 0 Å². The maximum atomic E-state index is 5.70. The molecular formula is C13H23N3O2. The molecule has 2 heterocycles. The third kappa shape index (κ3) is 3.78. The zero-order chi connectivity index (χ0) is 13.1. The van der Waals surface area contributed by atoms with Crippen LogP contribution in [-0.4, -0.2) is 40.3 Å². The Bertz CT molecular complexity index is 368. The maximum absolute atomic E-state index is 5.70. The van der Waals surface area contributed by atoms with Gasteiger partial charge in [0.1, 0.15) is 0 Å². The molecule has 0 aromatic carbocycles. The SMILES string of the molecule is CC(C)Cc1noc(CN2C[C@@H](C)O[C@H](C)C2)n1. The highest BCUT2D eigenvalue weighted by Gasteiger charge is 2.23. The van der Waals surface area contributed by atoms with Crippen molar-refractivity contribution in [2.24, 2.45) is 5.92 Å². The van der Waals surface area contributed by atoms with E-state index in [0.29, 0.717) is 11.8 Å². The van der Waals surface area contributed by atoms with Crippen LogP contribution in [0, 0.1) is 5.92 Å². The molecule has 1 fully saturated rings. The van der Waals surface area contributed by atoms with Gasteiger partial charge in [0.15, 0.2) is 5.82 Å². The van der Waals surface area contributed by atoms with Gasteiger partial charge in [0.2, 0.25) is 5.89 Å². The first-order valence-corrected chi connectivity index (χ1v) is 6.72. The molecule has 5 heteroatoms. The topological polar surface area (TPSA) is 51.4 Å². The van der Waals surface area contributed by atoms with E-state index < -0.39 is 0 Å². The summed E-state index contributed by atoms with van der Waals surface area (Å²) in [7, 11) is 0. The summed E-state index contributed by atoms with van der Waals surface area (Å²) in [4.78, 5) is 6.75. The summed E-state index contributed by atoms with van der Waals surface area (Å²) in [6.07, 6.45) is 1.41. The molecule has 0 unspecified atom stereocenters. The Kier molecular flexibility index (Phi) is 4.35. The van der Waals surface area contributed by atoms with E-state index in [9.17, 15) is 0 Å². The zero-order valence-corrected chi connectivity index (χ0v) is 11.7. The molecule has 1 aromatic heterocycles. The van der Waals surface area contributed by atoms with Gasteiger partial charge in [0.25, 0.3) is 0 Å². The van der Waals surface area contributed by atoms with Gasteiger partial charge in [0.05, 0.1) is 18.8 Å². The van der Waals surface area contributed by atoms with Gasteiger partial charge in [-0.3, -0.25) is 4.90 Å².